The van der Waals surface area contributed by atoms with Crippen LogP contribution in [-0.2, 0) is 0 Å². The summed E-state index contributed by atoms with van der Waals surface area (Å²) in [6.07, 6.45) is 1.73. The molecule has 1 heterocycles. The first kappa shape index (κ1) is 7.36. The molecule has 3 heteroatoms. The highest BCUT2D eigenvalue weighted by Crippen LogP contribution is 1.98. The summed E-state index contributed by atoms with van der Waals surface area (Å²) in [5.41, 5.74) is 1.99. The molecule has 1 aromatic rings. The molecule has 1 N–H and O–H groups in total. The molecule has 0 aliphatic rings. The number of hydrogen-bond acceptors (Lipinski definition) is 1. The zero-order chi connectivity index (χ0) is 7.40. The molecule has 10 heavy (non-hydrogen) atoms. The Labute approximate surface area is 68.2 Å². The van der Waals surface area contributed by atoms with Crippen LogP contribution >= 0.6 is 15.9 Å². The molecule has 0 spiro atoms. The van der Waals surface area contributed by atoms with Gasteiger partial charge < -0.3 is 0 Å². The van der Waals surface area contributed by atoms with Crippen LogP contribution in [0, 0.1) is 18.8 Å². The van der Waals surface area contributed by atoms with Crippen molar-refractivity contribution in [3.63, 3.8) is 0 Å². The summed E-state index contributed by atoms with van der Waals surface area (Å²) < 4.78 is 0. The number of halogens is 1. The van der Waals surface area contributed by atoms with Crippen molar-refractivity contribution in [3.05, 3.63) is 17.5 Å². The van der Waals surface area contributed by atoms with Crippen LogP contribution in [0.5, 0.6) is 0 Å². The fourth-order valence-electron chi connectivity index (χ4n) is 0.605. The Balaban J connectivity index is 2.84. The third kappa shape index (κ3) is 1.61. The molecule has 0 bridgehead atoms. The van der Waals surface area contributed by atoms with E-state index in [9.17, 15) is 0 Å². The monoisotopic (exact) mass is 198 g/mol. The van der Waals surface area contributed by atoms with Gasteiger partial charge in [-0.3, -0.25) is 5.10 Å². The van der Waals surface area contributed by atoms with Crippen LogP contribution in [0.2, 0.25) is 0 Å². The Kier molecular flexibility index (Phi) is 2.52. The van der Waals surface area contributed by atoms with Gasteiger partial charge in [0.2, 0.25) is 0 Å². The summed E-state index contributed by atoms with van der Waals surface area (Å²) in [5.74, 6) is 5.85. The molecule has 0 aliphatic heterocycles. The Morgan fingerprint density at radius 2 is 2.60 bits per heavy atom. The predicted octanol–water partition coefficient (Wildman–Crippen LogP) is 1.46. The van der Waals surface area contributed by atoms with Gasteiger partial charge in [0.25, 0.3) is 0 Å². The molecule has 0 aliphatic carbocycles. The molecule has 0 fully saturated rings. The molecule has 0 unspecified atom stereocenters. The molecule has 0 radical (unpaired) electrons. The van der Waals surface area contributed by atoms with Crippen molar-refractivity contribution >= 4 is 15.9 Å². The highest BCUT2D eigenvalue weighted by Gasteiger charge is 1.92. The molecular weight excluding hydrogens is 192 g/mol. The maximum absolute atomic E-state index is 3.83. The van der Waals surface area contributed by atoms with E-state index in [-0.39, 0.29) is 0 Å². The molecule has 1 rings (SSSR count). The number of aromatic amines is 1. The van der Waals surface area contributed by atoms with E-state index < -0.39 is 0 Å². The smallest absolute Gasteiger partial charge is 0.0652 e. The van der Waals surface area contributed by atoms with Crippen molar-refractivity contribution in [1.82, 2.24) is 10.2 Å². The van der Waals surface area contributed by atoms with Crippen LogP contribution in [0.4, 0.5) is 0 Å². The normalized spacial score (nSPS) is 8.60. The second-order valence-corrected chi connectivity index (χ2v) is 2.40. The van der Waals surface area contributed by atoms with Gasteiger partial charge in [-0.15, -0.1) is 0 Å². The first-order valence-electron chi connectivity index (χ1n) is 2.89. The minimum atomic E-state index is 0.706. The second-order valence-electron chi connectivity index (χ2n) is 1.84. The summed E-state index contributed by atoms with van der Waals surface area (Å²) in [7, 11) is 0. The lowest BCUT2D eigenvalue weighted by molar-refractivity contribution is 1.05. The van der Waals surface area contributed by atoms with Crippen molar-refractivity contribution < 1.29 is 0 Å². The third-order valence-electron chi connectivity index (χ3n) is 1.12. The Bertz CT molecular complexity index is 267. The molecule has 52 valence electrons. The van der Waals surface area contributed by atoms with Crippen molar-refractivity contribution in [2.45, 2.75) is 6.92 Å². The number of rotatable bonds is 0. The van der Waals surface area contributed by atoms with E-state index in [4.69, 9.17) is 0 Å². The van der Waals surface area contributed by atoms with E-state index in [0.29, 0.717) is 5.33 Å². The summed E-state index contributed by atoms with van der Waals surface area (Å²) in [5, 5.41) is 7.35. The van der Waals surface area contributed by atoms with Gasteiger partial charge in [-0.25, -0.2) is 0 Å². The first-order valence-corrected chi connectivity index (χ1v) is 4.01. The van der Waals surface area contributed by atoms with Crippen LogP contribution in [0.15, 0.2) is 6.20 Å². The number of aromatic nitrogens is 2. The lowest BCUT2D eigenvalue weighted by Gasteiger charge is -1.80. The number of H-pyrrole nitrogens is 1. The van der Waals surface area contributed by atoms with Gasteiger partial charge in [-0.05, 0) is 6.92 Å². The average molecular weight is 199 g/mol. The van der Waals surface area contributed by atoms with E-state index in [0.717, 1.165) is 11.3 Å². The van der Waals surface area contributed by atoms with E-state index >= 15 is 0 Å². The van der Waals surface area contributed by atoms with Crippen molar-refractivity contribution in [3.8, 4) is 11.8 Å². The van der Waals surface area contributed by atoms with Gasteiger partial charge in [-0.2, -0.15) is 5.10 Å². The van der Waals surface area contributed by atoms with Gasteiger partial charge in [-0.1, -0.05) is 27.8 Å². The minimum Gasteiger partial charge on any atom is -0.282 e. The Morgan fingerprint density at radius 1 is 1.80 bits per heavy atom. The SMILES string of the molecule is Cc1[nH]ncc1C#CCBr. The Hall–Kier alpha value is -0.750. The van der Waals surface area contributed by atoms with Crippen molar-refractivity contribution in [1.29, 1.82) is 0 Å². The van der Waals surface area contributed by atoms with Crippen LogP contribution in [0.1, 0.15) is 11.3 Å². The second kappa shape index (κ2) is 3.43. The summed E-state index contributed by atoms with van der Waals surface area (Å²) >= 11 is 3.22. The maximum atomic E-state index is 3.83. The molecule has 0 aromatic carbocycles. The van der Waals surface area contributed by atoms with Crippen LogP contribution in [-0.4, -0.2) is 15.5 Å². The maximum Gasteiger partial charge on any atom is 0.0652 e. The number of alkyl halides is 1. The number of aryl methyl sites for hydroxylation is 1. The van der Waals surface area contributed by atoms with Gasteiger partial charge in [0.1, 0.15) is 0 Å². The Morgan fingerprint density at radius 3 is 3.10 bits per heavy atom. The quantitative estimate of drug-likeness (QED) is 0.497. The highest BCUT2D eigenvalue weighted by molar-refractivity contribution is 9.09. The molecule has 0 saturated carbocycles. The molecule has 1 aromatic heterocycles. The summed E-state index contributed by atoms with van der Waals surface area (Å²) in [4.78, 5) is 0. The molecule has 0 atom stereocenters. The topological polar surface area (TPSA) is 28.7 Å². The first-order chi connectivity index (χ1) is 4.84. The highest BCUT2D eigenvalue weighted by atomic mass is 79.9. The molecular formula is C7H7BrN2. The predicted molar refractivity (Wildman–Crippen MR) is 44.0 cm³/mol. The third-order valence-corrected chi connectivity index (χ3v) is 1.40. The van der Waals surface area contributed by atoms with E-state index in [2.05, 4.69) is 38.0 Å². The molecule has 0 saturated heterocycles. The summed E-state index contributed by atoms with van der Waals surface area (Å²) in [6, 6.07) is 0. The zero-order valence-corrected chi connectivity index (χ0v) is 7.20. The largest absolute Gasteiger partial charge is 0.282 e. The van der Waals surface area contributed by atoms with Crippen LogP contribution < -0.4 is 0 Å². The van der Waals surface area contributed by atoms with E-state index in [1.165, 1.54) is 0 Å². The average Bonchev–Trinajstić information content (AvgIpc) is 2.31. The fraction of sp³-hybridized carbons (Fsp3) is 0.286. The number of hydrogen-bond donors (Lipinski definition) is 1. The summed E-state index contributed by atoms with van der Waals surface area (Å²) in [6.45, 7) is 1.95. The number of nitrogens with zero attached hydrogens (tertiary/aromatic N) is 1. The number of nitrogens with one attached hydrogen (secondary N) is 1. The fourth-order valence-corrected chi connectivity index (χ4v) is 0.746. The lowest BCUT2D eigenvalue weighted by Crippen LogP contribution is -1.74. The van der Waals surface area contributed by atoms with Crippen molar-refractivity contribution in [2.75, 3.05) is 5.33 Å². The van der Waals surface area contributed by atoms with Crippen LogP contribution in [0.25, 0.3) is 0 Å². The van der Waals surface area contributed by atoms with E-state index in [1.54, 1.807) is 6.20 Å². The van der Waals surface area contributed by atoms with Crippen molar-refractivity contribution in [2.24, 2.45) is 0 Å². The zero-order valence-electron chi connectivity index (χ0n) is 5.61. The molecule has 2 nitrogen and oxygen atoms in total. The van der Waals surface area contributed by atoms with Crippen LogP contribution in [0.3, 0.4) is 0 Å². The standard InChI is InChI=1S/C7H7BrN2/c1-6-7(3-2-4-8)5-9-10-6/h5H,4H2,1H3,(H,9,10). The lowest BCUT2D eigenvalue weighted by atomic mass is 10.3. The van der Waals surface area contributed by atoms with E-state index in [1.807, 2.05) is 6.92 Å². The minimum absolute atomic E-state index is 0.706. The van der Waals surface area contributed by atoms with Gasteiger partial charge in [0.05, 0.1) is 17.1 Å². The molecule has 0 amide bonds. The van der Waals surface area contributed by atoms with Gasteiger partial charge >= 0.3 is 0 Å². The van der Waals surface area contributed by atoms with Gasteiger partial charge in [0, 0.05) is 5.69 Å². The van der Waals surface area contributed by atoms with Gasteiger partial charge in [0.15, 0.2) is 0 Å².